The van der Waals surface area contributed by atoms with Crippen molar-refractivity contribution in [3.05, 3.63) is 106 Å². The number of hydrogen-bond acceptors (Lipinski definition) is 4. The lowest BCUT2D eigenvalue weighted by atomic mass is 9.89. The molecule has 0 amide bonds. The molecule has 0 heterocycles. The highest BCUT2D eigenvalue weighted by Gasteiger charge is 2.25. The summed E-state index contributed by atoms with van der Waals surface area (Å²) < 4.78 is 11.6. The molecule has 0 aromatic heterocycles. The lowest BCUT2D eigenvalue weighted by Gasteiger charge is -2.18. The van der Waals surface area contributed by atoms with Crippen LogP contribution >= 0.6 is 0 Å². The summed E-state index contributed by atoms with van der Waals surface area (Å²) in [7, 11) is 0. The van der Waals surface area contributed by atoms with Gasteiger partial charge in [-0.15, -0.1) is 0 Å². The standard InChI is InChI=1S/C38H50O4/c1-3-5-7-9-11-19-25-33-27-28-35(37(39)41-29-31-21-15-13-16-22-31)36(34(33)26-20-12-10-8-6-4-2)38(40)42-30-32-23-17-14-18-24-32/h13-18,21-24,27-28H,3-12,19-20,25-26,29-30H2,1-2H3. The summed E-state index contributed by atoms with van der Waals surface area (Å²) in [6.07, 6.45) is 15.9. The minimum Gasteiger partial charge on any atom is -0.457 e. The van der Waals surface area contributed by atoms with Crippen molar-refractivity contribution < 1.29 is 19.1 Å². The van der Waals surface area contributed by atoms with Gasteiger partial charge in [0.25, 0.3) is 0 Å². The van der Waals surface area contributed by atoms with Gasteiger partial charge in [0.05, 0.1) is 11.1 Å². The highest BCUT2D eigenvalue weighted by Crippen LogP contribution is 2.27. The van der Waals surface area contributed by atoms with Crippen molar-refractivity contribution in [1.29, 1.82) is 0 Å². The number of carbonyl (C=O) groups is 2. The largest absolute Gasteiger partial charge is 0.457 e. The Bertz CT molecular complexity index is 1190. The number of rotatable bonds is 20. The van der Waals surface area contributed by atoms with Crippen molar-refractivity contribution in [3.63, 3.8) is 0 Å². The fourth-order valence-corrected chi connectivity index (χ4v) is 5.39. The monoisotopic (exact) mass is 570 g/mol. The Morgan fingerprint density at radius 3 is 1.55 bits per heavy atom. The van der Waals surface area contributed by atoms with Gasteiger partial charge < -0.3 is 9.47 Å². The zero-order valence-corrected chi connectivity index (χ0v) is 25.9. The van der Waals surface area contributed by atoms with Crippen LogP contribution in [0.15, 0.2) is 72.8 Å². The third-order valence-corrected chi connectivity index (χ3v) is 7.84. The average molecular weight is 571 g/mol. The lowest BCUT2D eigenvalue weighted by Crippen LogP contribution is -2.18. The Hall–Kier alpha value is -3.40. The quantitative estimate of drug-likeness (QED) is 0.100. The maximum absolute atomic E-state index is 13.8. The van der Waals surface area contributed by atoms with Crippen LogP contribution < -0.4 is 0 Å². The SMILES string of the molecule is CCCCCCCCc1ccc(C(=O)OCc2ccccc2)c(C(=O)OCc2ccccc2)c1CCCCCCCC. The molecule has 0 saturated heterocycles. The van der Waals surface area contributed by atoms with Crippen LogP contribution in [-0.2, 0) is 35.5 Å². The van der Waals surface area contributed by atoms with Crippen molar-refractivity contribution in [2.24, 2.45) is 0 Å². The zero-order valence-electron chi connectivity index (χ0n) is 25.9. The summed E-state index contributed by atoms with van der Waals surface area (Å²) in [4.78, 5) is 27.2. The summed E-state index contributed by atoms with van der Waals surface area (Å²) in [5, 5.41) is 0. The first-order valence-electron chi connectivity index (χ1n) is 16.2. The van der Waals surface area contributed by atoms with Crippen LogP contribution in [0.2, 0.25) is 0 Å². The van der Waals surface area contributed by atoms with Gasteiger partial charge in [-0.2, -0.15) is 0 Å². The van der Waals surface area contributed by atoms with Gasteiger partial charge >= 0.3 is 11.9 Å². The molecule has 0 aliphatic rings. The molecule has 0 unspecified atom stereocenters. The van der Waals surface area contributed by atoms with E-state index in [1.54, 1.807) is 6.07 Å². The number of aryl methyl sites for hydroxylation is 1. The van der Waals surface area contributed by atoms with E-state index in [9.17, 15) is 9.59 Å². The summed E-state index contributed by atoms with van der Waals surface area (Å²) >= 11 is 0. The van der Waals surface area contributed by atoms with Crippen LogP contribution in [0.3, 0.4) is 0 Å². The second-order valence-electron chi connectivity index (χ2n) is 11.3. The van der Waals surface area contributed by atoms with E-state index in [4.69, 9.17) is 9.47 Å². The van der Waals surface area contributed by atoms with Gasteiger partial charge in [0.15, 0.2) is 0 Å². The molecule has 4 heteroatoms. The number of unbranched alkanes of at least 4 members (excludes halogenated alkanes) is 10. The number of benzene rings is 3. The molecule has 42 heavy (non-hydrogen) atoms. The van der Waals surface area contributed by atoms with E-state index in [1.165, 1.54) is 57.8 Å². The highest BCUT2D eigenvalue weighted by molar-refractivity contribution is 6.04. The number of ether oxygens (including phenoxy) is 2. The molecule has 0 saturated carbocycles. The van der Waals surface area contributed by atoms with Crippen LogP contribution in [0.5, 0.6) is 0 Å². The van der Waals surface area contributed by atoms with E-state index in [2.05, 4.69) is 13.8 Å². The average Bonchev–Trinajstić information content (AvgIpc) is 3.03. The highest BCUT2D eigenvalue weighted by atomic mass is 16.5. The molecular weight excluding hydrogens is 520 g/mol. The number of carbonyl (C=O) groups excluding carboxylic acids is 2. The molecule has 0 spiro atoms. The predicted octanol–water partition coefficient (Wildman–Crippen LogP) is 10.2. The summed E-state index contributed by atoms with van der Waals surface area (Å²) in [5.41, 5.74) is 4.64. The van der Waals surface area contributed by atoms with Gasteiger partial charge in [0.2, 0.25) is 0 Å². The van der Waals surface area contributed by atoms with E-state index in [-0.39, 0.29) is 13.2 Å². The van der Waals surface area contributed by atoms with E-state index < -0.39 is 11.9 Å². The van der Waals surface area contributed by atoms with Gasteiger partial charge in [-0.1, -0.05) is 145 Å². The van der Waals surface area contributed by atoms with Gasteiger partial charge in [-0.05, 0) is 54.0 Å². The number of esters is 2. The van der Waals surface area contributed by atoms with Crippen molar-refractivity contribution in [2.75, 3.05) is 0 Å². The minimum atomic E-state index is -0.485. The van der Waals surface area contributed by atoms with E-state index >= 15 is 0 Å². The van der Waals surface area contributed by atoms with Crippen LogP contribution in [-0.4, -0.2) is 11.9 Å². The molecule has 0 radical (unpaired) electrons. The van der Waals surface area contributed by atoms with E-state index in [0.717, 1.165) is 54.4 Å². The van der Waals surface area contributed by atoms with Crippen molar-refractivity contribution in [2.45, 2.75) is 117 Å². The molecule has 226 valence electrons. The molecule has 0 aliphatic heterocycles. The smallest absolute Gasteiger partial charge is 0.339 e. The summed E-state index contributed by atoms with van der Waals surface area (Å²) in [5.74, 6) is -0.933. The van der Waals surface area contributed by atoms with E-state index in [0.29, 0.717) is 11.1 Å². The molecule has 0 atom stereocenters. The molecule has 3 aromatic rings. The molecule has 4 nitrogen and oxygen atoms in total. The van der Waals surface area contributed by atoms with Gasteiger partial charge in [-0.3, -0.25) is 0 Å². The maximum Gasteiger partial charge on any atom is 0.339 e. The Labute approximate surface area is 253 Å². The van der Waals surface area contributed by atoms with Crippen LogP contribution in [0.25, 0.3) is 0 Å². The fraction of sp³-hybridized carbons (Fsp3) is 0.474. The lowest BCUT2D eigenvalue weighted by molar-refractivity contribution is 0.0424. The first-order chi connectivity index (χ1) is 20.6. The zero-order chi connectivity index (χ0) is 29.8. The van der Waals surface area contributed by atoms with Crippen molar-refractivity contribution in [1.82, 2.24) is 0 Å². The summed E-state index contributed by atoms with van der Waals surface area (Å²) in [6, 6.07) is 23.1. The van der Waals surface area contributed by atoms with Crippen LogP contribution in [0, 0.1) is 0 Å². The molecule has 0 N–H and O–H groups in total. The van der Waals surface area contributed by atoms with Crippen LogP contribution in [0.1, 0.15) is 134 Å². The van der Waals surface area contributed by atoms with Crippen molar-refractivity contribution in [3.8, 4) is 0 Å². The molecule has 0 fully saturated rings. The van der Waals surface area contributed by atoms with E-state index in [1.807, 2.05) is 66.7 Å². The molecule has 3 rings (SSSR count). The third-order valence-electron chi connectivity index (χ3n) is 7.84. The Morgan fingerprint density at radius 2 is 1.00 bits per heavy atom. The maximum atomic E-state index is 13.8. The predicted molar refractivity (Wildman–Crippen MR) is 172 cm³/mol. The Kier molecular flexibility index (Phi) is 15.5. The molecule has 0 bridgehead atoms. The fourth-order valence-electron chi connectivity index (χ4n) is 5.39. The van der Waals surface area contributed by atoms with Crippen molar-refractivity contribution >= 4 is 11.9 Å². The topological polar surface area (TPSA) is 52.6 Å². The molecule has 0 aliphatic carbocycles. The van der Waals surface area contributed by atoms with Crippen LogP contribution in [0.4, 0.5) is 0 Å². The number of hydrogen-bond donors (Lipinski definition) is 0. The van der Waals surface area contributed by atoms with Gasteiger partial charge in [-0.25, -0.2) is 9.59 Å². The van der Waals surface area contributed by atoms with Gasteiger partial charge in [0, 0.05) is 0 Å². The second kappa shape index (κ2) is 19.7. The Balaban J connectivity index is 1.87. The Morgan fingerprint density at radius 1 is 0.524 bits per heavy atom. The third kappa shape index (κ3) is 11.5. The summed E-state index contributed by atoms with van der Waals surface area (Å²) in [6.45, 7) is 4.78. The molecule has 3 aromatic carbocycles. The first kappa shape index (κ1) is 33.1. The van der Waals surface area contributed by atoms with Gasteiger partial charge in [0.1, 0.15) is 13.2 Å². The molecular formula is C38H50O4. The minimum absolute atomic E-state index is 0.157. The normalized spacial score (nSPS) is 10.9. The first-order valence-corrected chi connectivity index (χ1v) is 16.2. The second-order valence-corrected chi connectivity index (χ2v) is 11.3.